The van der Waals surface area contributed by atoms with E-state index in [-0.39, 0.29) is 0 Å². The summed E-state index contributed by atoms with van der Waals surface area (Å²) in [6.45, 7) is 2.01. The highest BCUT2D eigenvalue weighted by Crippen LogP contribution is 2.34. The predicted molar refractivity (Wildman–Crippen MR) is 82.5 cm³/mol. The largest absolute Gasteiger partial charge is 0.383 e. The van der Waals surface area contributed by atoms with Gasteiger partial charge in [-0.05, 0) is 30.7 Å². The lowest BCUT2D eigenvalue weighted by molar-refractivity contribution is 1.17. The number of fused-ring (bicyclic) bond motifs is 1. The van der Waals surface area contributed by atoms with E-state index in [0.29, 0.717) is 16.5 Å². The van der Waals surface area contributed by atoms with Crippen molar-refractivity contribution < 1.29 is 0 Å². The molecule has 0 saturated heterocycles. The van der Waals surface area contributed by atoms with E-state index in [1.165, 1.54) is 0 Å². The van der Waals surface area contributed by atoms with Crippen molar-refractivity contribution in [2.24, 2.45) is 0 Å². The third kappa shape index (κ3) is 2.01. The van der Waals surface area contributed by atoms with E-state index in [1.54, 1.807) is 0 Å². The Kier molecular flexibility index (Phi) is 2.99. The summed E-state index contributed by atoms with van der Waals surface area (Å²) in [7, 11) is 0. The van der Waals surface area contributed by atoms with Crippen molar-refractivity contribution in [3.8, 4) is 11.3 Å². The lowest BCUT2D eigenvalue weighted by Gasteiger charge is -2.03. The minimum Gasteiger partial charge on any atom is -0.383 e. The summed E-state index contributed by atoms with van der Waals surface area (Å²) in [6.07, 6.45) is 1.90. The normalized spacial score (nSPS) is 11.1. The molecule has 0 aliphatic rings. The van der Waals surface area contributed by atoms with Crippen molar-refractivity contribution in [1.29, 1.82) is 0 Å². The minimum atomic E-state index is 0.600. The molecule has 2 N–H and O–H groups in total. The second-order valence-electron chi connectivity index (χ2n) is 4.35. The molecule has 3 nitrogen and oxygen atoms in total. The minimum absolute atomic E-state index is 0.600. The highest BCUT2D eigenvalue weighted by molar-refractivity contribution is 9.10. The molecule has 0 fully saturated rings. The van der Waals surface area contributed by atoms with Gasteiger partial charge >= 0.3 is 0 Å². The van der Waals surface area contributed by atoms with Gasteiger partial charge in [-0.2, -0.15) is 0 Å². The summed E-state index contributed by atoms with van der Waals surface area (Å²) in [5.74, 6) is 0.600. The molecular formula is C14H11BrClN3. The molecule has 0 atom stereocenters. The maximum atomic E-state index is 6.27. The zero-order chi connectivity index (χ0) is 13.6. The van der Waals surface area contributed by atoms with Gasteiger partial charge in [-0.15, -0.1) is 0 Å². The molecule has 3 aromatic rings. The van der Waals surface area contributed by atoms with Gasteiger partial charge in [-0.1, -0.05) is 39.7 Å². The quantitative estimate of drug-likeness (QED) is 0.719. The van der Waals surface area contributed by atoms with E-state index < -0.39 is 0 Å². The third-order valence-corrected chi connectivity index (χ3v) is 3.87. The van der Waals surface area contributed by atoms with Crippen molar-refractivity contribution in [1.82, 2.24) is 9.38 Å². The molecule has 2 heterocycles. The van der Waals surface area contributed by atoms with E-state index in [9.17, 15) is 0 Å². The van der Waals surface area contributed by atoms with Gasteiger partial charge in [0.2, 0.25) is 0 Å². The fourth-order valence-electron chi connectivity index (χ4n) is 2.10. The molecular weight excluding hydrogens is 326 g/mol. The van der Waals surface area contributed by atoms with E-state index in [1.807, 2.05) is 47.9 Å². The summed E-state index contributed by atoms with van der Waals surface area (Å²) in [5.41, 5.74) is 9.66. The molecule has 0 bridgehead atoms. The number of hydrogen-bond acceptors (Lipinski definition) is 2. The smallest absolute Gasteiger partial charge is 0.142 e. The number of imidazole rings is 1. The number of aromatic nitrogens is 2. The number of halogens is 2. The first kappa shape index (κ1) is 12.5. The standard InChI is InChI=1S/C14H11BrClN3/c1-8-3-2-6-19-13(17)12(18-14(8)19)10-5-4-9(15)7-11(10)16/h2-7H,17H2,1H3. The van der Waals surface area contributed by atoms with Gasteiger partial charge in [-0.3, -0.25) is 4.40 Å². The molecule has 0 aliphatic heterocycles. The Hall–Kier alpha value is -1.52. The van der Waals surface area contributed by atoms with Gasteiger partial charge in [0.25, 0.3) is 0 Å². The Labute approximate surface area is 124 Å². The second-order valence-corrected chi connectivity index (χ2v) is 5.68. The van der Waals surface area contributed by atoms with Crippen LogP contribution in [0.2, 0.25) is 5.02 Å². The average molecular weight is 337 g/mol. The number of hydrogen-bond donors (Lipinski definition) is 1. The van der Waals surface area contributed by atoms with Gasteiger partial charge in [0, 0.05) is 16.2 Å². The number of benzene rings is 1. The Balaban J connectivity index is 2.31. The zero-order valence-electron chi connectivity index (χ0n) is 10.2. The molecule has 2 aromatic heterocycles. The van der Waals surface area contributed by atoms with Crippen molar-refractivity contribution in [2.45, 2.75) is 6.92 Å². The highest BCUT2D eigenvalue weighted by Gasteiger charge is 2.15. The number of aryl methyl sites for hydroxylation is 1. The molecule has 5 heteroatoms. The number of nitrogen functional groups attached to an aromatic ring is 1. The zero-order valence-corrected chi connectivity index (χ0v) is 12.5. The monoisotopic (exact) mass is 335 g/mol. The topological polar surface area (TPSA) is 43.3 Å². The molecule has 0 unspecified atom stereocenters. The van der Waals surface area contributed by atoms with Crippen molar-refractivity contribution in [2.75, 3.05) is 5.73 Å². The van der Waals surface area contributed by atoms with E-state index in [0.717, 1.165) is 21.2 Å². The molecule has 1 aromatic carbocycles. The lowest BCUT2D eigenvalue weighted by Crippen LogP contribution is -1.94. The van der Waals surface area contributed by atoms with Crippen LogP contribution in [-0.2, 0) is 0 Å². The first-order valence-electron chi connectivity index (χ1n) is 5.76. The van der Waals surface area contributed by atoms with Crippen LogP contribution >= 0.6 is 27.5 Å². The number of nitrogens with zero attached hydrogens (tertiary/aromatic N) is 2. The SMILES string of the molecule is Cc1cccn2c(N)c(-c3ccc(Br)cc3Cl)nc12. The average Bonchev–Trinajstić information content (AvgIpc) is 2.69. The molecule has 0 radical (unpaired) electrons. The van der Waals surface area contributed by atoms with Crippen LogP contribution in [0.1, 0.15) is 5.56 Å². The molecule has 0 amide bonds. The van der Waals surface area contributed by atoms with Gasteiger partial charge in [0.15, 0.2) is 0 Å². The summed E-state index contributed by atoms with van der Waals surface area (Å²) in [5, 5.41) is 0.627. The number of anilines is 1. The van der Waals surface area contributed by atoms with Crippen molar-refractivity contribution in [3.05, 3.63) is 51.6 Å². The molecule has 3 rings (SSSR count). The maximum Gasteiger partial charge on any atom is 0.142 e. The first-order valence-corrected chi connectivity index (χ1v) is 6.93. The van der Waals surface area contributed by atoms with Crippen LogP contribution in [0.25, 0.3) is 16.9 Å². The molecule has 0 saturated carbocycles. The first-order chi connectivity index (χ1) is 9.08. The Bertz CT molecular complexity index is 780. The van der Waals surface area contributed by atoms with Crippen LogP contribution in [0.5, 0.6) is 0 Å². The fraction of sp³-hybridized carbons (Fsp3) is 0.0714. The summed E-state index contributed by atoms with van der Waals surface area (Å²) < 4.78 is 2.81. The van der Waals surface area contributed by atoms with Crippen LogP contribution in [-0.4, -0.2) is 9.38 Å². The highest BCUT2D eigenvalue weighted by atomic mass is 79.9. The van der Waals surface area contributed by atoms with E-state index >= 15 is 0 Å². The Morgan fingerprint density at radius 3 is 2.79 bits per heavy atom. The van der Waals surface area contributed by atoms with Crippen LogP contribution < -0.4 is 5.73 Å². The predicted octanol–water partition coefficient (Wildman–Crippen LogP) is 4.31. The summed E-state index contributed by atoms with van der Waals surface area (Å²) in [4.78, 5) is 4.61. The number of pyridine rings is 1. The number of rotatable bonds is 1. The Morgan fingerprint density at radius 2 is 2.11 bits per heavy atom. The van der Waals surface area contributed by atoms with Crippen LogP contribution in [0.15, 0.2) is 41.0 Å². The summed E-state index contributed by atoms with van der Waals surface area (Å²) in [6, 6.07) is 9.65. The Morgan fingerprint density at radius 1 is 1.32 bits per heavy atom. The van der Waals surface area contributed by atoms with Gasteiger partial charge in [0.1, 0.15) is 17.2 Å². The summed E-state index contributed by atoms with van der Waals surface area (Å²) >= 11 is 9.66. The molecule has 19 heavy (non-hydrogen) atoms. The second kappa shape index (κ2) is 4.54. The van der Waals surface area contributed by atoms with Gasteiger partial charge in [-0.25, -0.2) is 4.98 Å². The van der Waals surface area contributed by atoms with Gasteiger partial charge < -0.3 is 5.73 Å². The van der Waals surface area contributed by atoms with Crippen LogP contribution in [0.4, 0.5) is 5.82 Å². The van der Waals surface area contributed by atoms with Gasteiger partial charge in [0.05, 0.1) is 5.02 Å². The van der Waals surface area contributed by atoms with E-state index in [4.69, 9.17) is 17.3 Å². The van der Waals surface area contributed by atoms with Crippen molar-refractivity contribution >= 4 is 39.0 Å². The molecule has 0 aliphatic carbocycles. The maximum absolute atomic E-state index is 6.27. The molecule has 0 spiro atoms. The number of nitrogens with two attached hydrogens (primary N) is 1. The third-order valence-electron chi connectivity index (χ3n) is 3.07. The molecule has 96 valence electrons. The van der Waals surface area contributed by atoms with Crippen molar-refractivity contribution in [3.63, 3.8) is 0 Å². The lowest BCUT2D eigenvalue weighted by atomic mass is 10.1. The van der Waals surface area contributed by atoms with Crippen LogP contribution in [0, 0.1) is 6.92 Å². The van der Waals surface area contributed by atoms with Crippen LogP contribution in [0.3, 0.4) is 0 Å². The fourth-order valence-corrected chi connectivity index (χ4v) is 2.86. The van der Waals surface area contributed by atoms with E-state index in [2.05, 4.69) is 20.9 Å².